The molecule has 1 atom stereocenters. The highest BCUT2D eigenvalue weighted by Crippen LogP contribution is 2.32. The van der Waals surface area contributed by atoms with Crippen LogP contribution in [0.15, 0.2) is 12.1 Å². The fraction of sp³-hybridized carbons (Fsp3) is 0.312. The first-order valence-electron chi connectivity index (χ1n) is 7.29. The van der Waals surface area contributed by atoms with Gasteiger partial charge in [0.1, 0.15) is 0 Å². The normalized spacial score (nSPS) is 12.0. The molecule has 0 saturated heterocycles. The smallest absolute Gasteiger partial charge is 0.342 e. The van der Waals surface area contributed by atoms with Crippen molar-refractivity contribution in [3.8, 4) is 0 Å². The molecule has 2 rings (SSSR count). The van der Waals surface area contributed by atoms with E-state index in [1.807, 2.05) is 6.92 Å². The number of anilines is 1. The lowest BCUT2D eigenvalue weighted by atomic mass is 10.2. The van der Waals surface area contributed by atoms with Gasteiger partial charge in [0.2, 0.25) is 0 Å². The van der Waals surface area contributed by atoms with E-state index in [0.29, 0.717) is 11.4 Å². The van der Waals surface area contributed by atoms with Crippen LogP contribution in [0.1, 0.15) is 28.7 Å². The summed E-state index contributed by atoms with van der Waals surface area (Å²) in [4.78, 5) is 24.6. The van der Waals surface area contributed by atoms with Crippen LogP contribution in [-0.4, -0.2) is 27.8 Å². The van der Waals surface area contributed by atoms with Gasteiger partial charge in [0.15, 0.2) is 6.10 Å². The molecule has 0 aliphatic carbocycles. The number of aromatic nitrogens is 2. The molecule has 134 valence electrons. The minimum Gasteiger partial charge on any atom is -0.449 e. The number of benzene rings is 1. The van der Waals surface area contributed by atoms with Crippen molar-refractivity contribution in [1.82, 2.24) is 9.78 Å². The van der Waals surface area contributed by atoms with Gasteiger partial charge in [0.25, 0.3) is 5.91 Å². The number of carbonyl (C=O) groups excluding carboxylic acids is 2. The molecule has 1 heterocycles. The van der Waals surface area contributed by atoms with Crippen molar-refractivity contribution in [1.29, 1.82) is 0 Å². The monoisotopic (exact) mass is 403 g/mol. The van der Waals surface area contributed by atoms with Gasteiger partial charge in [-0.25, -0.2) is 4.79 Å². The average Bonchev–Trinajstić information content (AvgIpc) is 2.77. The maximum atomic E-state index is 12.3. The van der Waals surface area contributed by atoms with E-state index in [4.69, 9.17) is 39.5 Å². The lowest BCUT2D eigenvalue weighted by Gasteiger charge is -2.15. The van der Waals surface area contributed by atoms with Crippen LogP contribution in [-0.2, 0) is 16.6 Å². The molecule has 0 unspecified atom stereocenters. The second kappa shape index (κ2) is 7.64. The van der Waals surface area contributed by atoms with Crippen molar-refractivity contribution in [2.24, 2.45) is 7.05 Å². The number of hydrogen-bond acceptors (Lipinski definition) is 4. The van der Waals surface area contributed by atoms with Crippen LogP contribution in [0, 0.1) is 13.8 Å². The topological polar surface area (TPSA) is 73.2 Å². The zero-order valence-electron chi connectivity index (χ0n) is 14.0. The minimum absolute atomic E-state index is 0.0225. The second-order valence-electron chi connectivity index (χ2n) is 5.42. The Hall–Kier alpha value is -1.76. The fourth-order valence-corrected chi connectivity index (χ4v) is 2.85. The third-order valence-corrected chi connectivity index (χ3v) is 4.78. The number of esters is 1. The molecule has 1 amide bonds. The van der Waals surface area contributed by atoms with E-state index in [-0.39, 0.29) is 20.6 Å². The van der Waals surface area contributed by atoms with Gasteiger partial charge in [0.05, 0.1) is 37.7 Å². The van der Waals surface area contributed by atoms with Crippen LogP contribution in [0.3, 0.4) is 0 Å². The Morgan fingerprint density at radius 3 is 2.36 bits per heavy atom. The van der Waals surface area contributed by atoms with E-state index in [2.05, 4.69) is 10.4 Å². The first-order valence-corrected chi connectivity index (χ1v) is 8.42. The summed E-state index contributed by atoms with van der Waals surface area (Å²) in [5.41, 5.74) is 1.94. The highest BCUT2D eigenvalue weighted by atomic mass is 35.5. The van der Waals surface area contributed by atoms with Crippen molar-refractivity contribution in [2.45, 2.75) is 26.9 Å². The van der Waals surface area contributed by atoms with Crippen molar-refractivity contribution >= 4 is 52.4 Å². The zero-order valence-corrected chi connectivity index (χ0v) is 16.3. The third kappa shape index (κ3) is 4.08. The van der Waals surface area contributed by atoms with Crippen LogP contribution in [0.2, 0.25) is 15.1 Å². The molecule has 1 N–H and O–H groups in total. The molecule has 0 fully saturated rings. The molecule has 0 radical (unpaired) electrons. The lowest BCUT2D eigenvalue weighted by Crippen LogP contribution is -2.30. The molecular formula is C16H16Cl3N3O3. The van der Waals surface area contributed by atoms with Crippen molar-refractivity contribution in [3.05, 3.63) is 44.2 Å². The van der Waals surface area contributed by atoms with Gasteiger partial charge in [0, 0.05) is 7.05 Å². The van der Waals surface area contributed by atoms with Crippen LogP contribution in [0.4, 0.5) is 5.69 Å². The summed E-state index contributed by atoms with van der Waals surface area (Å²) in [5, 5.41) is 7.14. The number of halogens is 3. The lowest BCUT2D eigenvalue weighted by molar-refractivity contribution is -0.123. The molecule has 0 bridgehead atoms. The summed E-state index contributed by atoms with van der Waals surface area (Å²) in [6.45, 7) is 5.03. The zero-order chi connectivity index (χ0) is 18.9. The Morgan fingerprint density at radius 1 is 1.20 bits per heavy atom. The number of aryl methyl sites for hydroxylation is 2. The second-order valence-corrected chi connectivity index (χ2v) is 6.62. The third-order valence-electron chi connectivity index (χ3n) is 3.66. The summed E-state index contributed by atoms with van der Waals surface area (Å²) in [5.74, 6) is -1.33. The molecule has 2 aromatic rings. The van der Waals surface area contributed by atoms with Crippen LogP contribution >= 0.6 is 34.8 Å². The molecule has 6 nitrogen and oxygen atoms in total. The van der Waals surface area contributed by atoms with Crippen molar-refractivity contribution < 1.29 is 14.3 Å². The molecule has 1 aromatic carbocycles. The summed E-state index contributed by atoms with van der Waals surface area (Å²) < 4.78 is 6.81. The molecule has 0 saturated carbocycles. The Balaban J connectivity index is 2.14. The molecule has 9 heteroatoms. The molecule has 1 aromatic heterocycles. The standard InChI is InChI=1S/C16H16Cl3N3O3/c1-7-14(8(2)22(4)21-7)20-15(23)9(3)25-16(24)12-10(17)5-6-11(18)13(12)19/h5-6,9H,1-4H3,(H,20,23)/t9-/m0/s1. The van der Waals surface area contributed by atoms with Gasteiger partial charge in [-0.05, 0) is 32.9 Å². The van der Waals surface area contributed by atoms with E-state index in [0.717, 1.165) is 5.69 Å². The van der Waals surface area contributed by atoms with Crippen molar-refractivity contribution in [3.63, 3.8) is 0 Å². The molecular weight excluding hydrogens is 389 g/mol. The van der Waals surface area contributed by atoms with Gasteiger partial charge in [-0.1, -0.05) is 34.8 Å². The minimum atomic E-state index is -1.07. The van der Waals surface area contributed by atoms with Crippen LogP contribution in [0.25, 0.3) is 0 Å². The van der Waals surface area contributed by atoms with E-state index < -0.39 is 18.0 Å². The summed E-state index contributed by atoms with van der Waals surface area (Å²) in [6, 6.07) is 2.90. The predicted molar refractivity (Wildman–Crippen MR) is 97.7 cm³/mol. The molecule has 0 aliphatic heterocycles. The van der Waals surface area contributed by atoms with E-state index in [1.165, 1.54) is 19.1 Å². The molecule has 0 spiro atoms. The van der Waals surface area contributed by atoms with E-state index in [1.54, 1.807) is 18.7 Å². The van der Waals surface area contributed by atoms with Crippen LogP contribution < -0.4 is 5.32 Å². The Kier molecular flexibility index (Phi) is 5.98. The molecule has 25 heavy (non-hydrogen) atoms. The summed E-state index contributed by atoms with van der Waals surface area (Å²) >= 11 is 17.9. The summed E-state index contributed by atoms with van der Waals surface area (Å²) in [6.07, 6.45) is -1.07. The fourth-order valence-electron chi connectivity index (χ4n) is 2.17. The highest BCUT2D eigenvalue weighted by Gasteiger charge is 2.25. The number of hydrogen-bond donors (Lipinski definition) is 1. The van der Waals surface area contributed by atoms with E-state index >= 15 is 0 Å². The summed E-state index contributed by atoms with van der Waals surface area (Å²) in [7, 11) is 1.77. The van der Waals surface area contributed by atoms with Gasteiger partial charge < -0.3 is 10.1 Å². The van der Waals surface area contributed by atoms with Gasteiger partial charge >= 0.3 is 5.97 Å². The maximum Gasteiger partial charge on any atom is 0.342 e. The maximum absolute atomic E-state index is 12.3. The number of amides is 1. The first-order chi connectivity index (χ1) is 11.6. The number of carbonyl (C=O) groups is 2. The number of ether oxygens (including phenoxy) is 1. The van der Waals surface area contributed by atoms with Crippen molar-refractivity contribution in [2.75, 3.05) is 5.32 Å². The Labute approximate surface area is 160 Å². The quantitative estimate of drug-likeness (QED) is 0.613. The first kappa shape index (κ1) is 19.6. The molecule has 0 aliphatic rings. The predicted octanol–water partition coefficient (Wildman–Crippen LogP) is 4.18. The van der Waals surface area contributed by atoms with Crippen LogP contribution in [0.5, 0.6) is 0 Å². The number of nitrogens with zero attached hydrogens (tertiary/aromatic N) is 2. The number of rotatable bonds is 4. The Bertz CT molecular complexity index is 849. The largest absolute Gasteiger partial charge is 0.449 e. The average molecular weight is 405 g/mol. The Morgan fingerprint density at radius 2 is 1.80 bits per heavy atom. The van der Waals surface area contributed by atoms with Gasteiger partial charge in [-0.3, -0.25) is 9.48 Å². The highest BCUT2D eigenvalue weighted by molar-refractivity contribution is 6.46. The van der Waals surface area contributed by atoms with Gasteiger partial charge in [-0.15, -0.1) is 0 Å². The van der Waals surface area contributed by atoms with Gasteiger partial charge in [-0.2, -0.15) is 5.10 Å². The SMILES string of the molecule is Cc1nn(C)c(C)c1NC(=O)[C@H](C)OC(=O)c1c(Cl)ccc(Cl)c1Cl. The number of nitrogens with one attached hydrogen (secondary N) is 1. The van der Waals surface area contributed by atoms with E-state index in [9.17, 15) is 9.59 Å².